The highest BCUT2D eigenvalue weighted by Gasteiger charge is 2.54. The van der Waals surface area contributed by atoms with Crippen LogP contribution in [0, 0.1) is 28.6 Å². The van der Waals surface area contributed by atoms with Gasteiger partial charge in [0.25, 0.3) is 0 Å². The van der Waals surface area contributed by atoms with Gasteiger partial charge in [0.15, 0.2) is 0 Å². The van der Waals surface area contributed by atoms with E-state index in [2.05, 4.69) is 26.8 Å². The van der Waals surface area contributed by atoms with Crippen LogP contribution in [0.3, 0.4) is 0 Å². The second-order valence-electron chi connectivity index (χ2n) is 8.50. The Morgan fingerprint density at radius 3 is 2.45 bits per heavy atom. The zero-order valence-corrected chi connectivity index (χ0v) is 14.1. The van der Waals surface area contributed by atoms with Gasteiger partial charge >= 0.3 is 0 Å². The minimum absolute atomic E-state index is 0.337. The summed E-state index contributed by atoms with van der Waals surface area (Å²) < 4.78 is 0. The molecule has 2 saturated carbocycles. The first-order valence-electron chi connectivity index (χ1n) is 8.75. The van der Waals surface area contributed by atoms with Crippen LogP contribution in [0.5, 0.6) is 0 Å². The van der Waals surface area contributed by atoms with Crippen LogP contribution in [-0.4, -0.2) is 12.6 Å². The maximum absolute atomic E-state index is 11.4. The molecule has 0 saturated heterocycles. The summed E-state index contributed by atoms with van der Waals surface area (Å²) in [4.78, 5) is 22.6. The van der Waals surface area contributed by atoms with E-state index in [1.165, 1.54) is 25.7 Å². The van der Waals surface area contributed by atoms with Crippen molar-refractivity contribution in [2.75, 3.05) is 0 Å². The highest BCUT2D eigenvalue weighted by molar-refractivity contribution is 5.94. The zero-order valence-electron chi connectivity index (χ0n) is 14.1. The molecule has 22 heavy (non-hydrogen) atoms. The molecule has 0 aromatic heterocycles. The van der Waals surface area contributed by atoms with Gasteiger partial charge in [-0.2, -0.15) is 0 Å². The molecular formula is C20H28O2. The zero-order chi connectivity index (χ0) is 16.0. The first-order valence-corrected chi connectivity index (χ1v) is 8.75. The van der Waals surface area contributed by atoms with Gasteiger partial charge in [-0.1, -0.05) is 39.3 Å². The monoisotopic (exact) mass is 300 g/mol. The van der Waals surface area contributed by atoms with Crippen LogP contribution in [0.1, 0.15) is 59.3 Å². The van der Waals surface area contributed by atoms with Crippen LogP contribution >= 0.6 is 0 Å². The minimum Gasteiger partial charge on any atom is -0.298 e. The van der Waals surface area contributed by atoms with E-state index in [1.54, 1.807) is 0 Å². The summed E-state index contributed by atoms with van der Waals surface area (Å²) in [5.41, 5.74) is 1.96. The Hall–Kier alpha value is -1.18. The molecule has 0 amide bonds. The van der Waals surface area contributed by atoms with Gasteiger partial charge in [-0.05, 0) is 60.7 Å². The molecule has 0 heterocycles. The number of allylic oxidation sites excluding steroid dienone is 4. The Kier molecular flexibility index (Phi) is 3.91. The molecule has 0 N–H and O–H groups in total. The maximum Gasteiger partial charge on any atom is 0.150 e. The van der Waals surface area contributed by atoms with Gasteiger partial charge in [0, 0.05) is 11.1 Å². The minimum atomic E-state index is 0.337. The number of rotatable bonds is 2. The average molecular weight is 300 g/mol. The number of fused-ring (bicyclic) bond motifs is 3. The molecule has 2 fully saturated rings. The van der Waals surface area contributed by atoms with E-state index in [4.69, 9.17) is 0 Å². The van der Waals surface area contributed by atoms with E-state index in [0.29, 0.717) is 33.8 Å². The number of hydrogen-bond donors (Lipinski definition) is 0. The van der Waals surface area contributed by atoms with E-state index in [0.717, 1.165) is 31.3 Å². The molecule has 0 unspecified atom stereocenters. The maximum atomic E-state index is 11.4. The summed E-state index contributed by atoms with van der Waals surface area (Å²) in [7, 11) is 0. The fourth-order valence-corrected chi connectivity index (χ4v) is 5.95. The van der Waals surface area contributed by atoms with Gasteiger partial charge in [0.05, 0.1) is 0 Å². The summed E-state index contributed by atoms with van der Waals surface area (Å²) in [5, 5.41) is 0. The van der Waals surface area contributed by atoms with E-state index < -0.39 is 0 Å². The van der Waals surface area contributed by atoms with E-state index in [-0.39, 0.29) is 0 Å². The number of hydrogen-bond acceptors (Lipinski definition) is 2. The molecule has 0 aromatic carbocycles. The topological polar surface area (TPSA) is 34.1 Å². The van der Waals surface area contributed by atoms with Crippen LogP contribution in [-0.2, 0) is 9.59 Å². The molecule has 0 aliphatic heterocycles. The number of aldehydes is 2. The first-order chi connectivity index (χ1) is 10.4. The van der Waals surface area contributed by atoms with Crippen LogP contribution in [0.4, 0.5) is 0 Å². The lowest BCUT2D eigenvalue weighted by atomic mass is 9.46. The van der Waals surface area contributed by atoms with Gasteiger partial charge in [-0.15, -0.1) is 0 Å². The fourth-order valence-electron chi connectivity index (χ4n) is 5.95. The normalized spacial score (nSPS) is 40.4. The predicted octanol–water partition coefficient (Wildman–Crippen LogP) is 4.50. The van der Waals surface area contributed by atoms with Crippen molar-refractivity contribution in [3.63, 3.8) is 0 Å². The van der Waals surface area contributed by atoms with Gasteiger partial charge in [0.2, 0.25) is 0 Å². The van der Waals surface area contributed by atoms with E-state index in [9.17, 15) is 9.59 Å². The molecule has 120 valence electrons. The molecule has 3 aliphatic carbocycles. The predicted molar refractivity (Wildman–Crippen MR) is 88.4 cm³/mol. The van der Waals surface area contributed by atoms with Crippen molar-refractivity contribution in [1.29, 1.82) is 0 Å². The lowest BCUT2D eigenvalue weighted by Gasteiger charge is -2.59. The SMILES string of the molecule is CC1(C)CCC[C@]2(C)[C@H]3CC=C(C=O)C(C=O)=C[C@@H]3CC[C@@H]12. The summed E-state index contributed by atoms with van der Waals surface area (Å²) in [6.07, 6.45) is 13.1. The number of carbonyl (C=O) groups excluding carboxylic acids is 2. The van der Waals surface area contributed by atoms with Gasteiger partial charge < -0.3 is 0 Å². The third-order valence-electron chi connectivity index (χ3n) is 7.00. The van der Waals surface area contributed by atoms with Crippen molar-refractivity contribution in [2.24, 2.45) is 28.6 Å². The van der Waals surface area contributed by atoms with Crippen LogP contribution < -0.4 is 0 Å². The molecule has 3 rings (SSSR count). The van der Waals surface area contributed by atoms with Crippen molar-refractivity contribution in [3.05, 3.63) is 23.3 Å². The highest BCUT2D eigenvalue weighted by atomic mass is 16.1. The summed E-state index contributed by atoms with van der Waals surface area (Å²) in [5.74, 6) is 1.77. The molecule has 0 aromatic rings. The van der Waals surface area contributed by atoms with Crippen LogP contribution in [0.2, 0.25) is 0 Å². The van der Waals surface area contributed by atoms with E-state index >= 15 is 0 Å². The van der Waals surface area contributed by atoms with Crippen molar-refractivity contribution in [3.8, 4) is 0 Å². The van der Waals surface area contributed by atoms with Crippen molar-refractivity contribution in [1.82, 2.24) is 0 Å². The van der Waals surface area contributed by atoms with Crippen LogP contribution in [0.15, 0.2) is 23.3 Å². The lowest BCUT2D eigenvalue weighted by Crippen LogP contribution is -2.51. The Balaban J connectivity index is 2.00. The highest BCUT2D eigenvalue weighted by Crippen LogP contribution is 2.62. The second-order valence-corrected chi connectivity index (χ2v) is 8.50. The van der Waals surface area contributed by atoms with Crippen molar-refractivity contribution in [2.45, 2.75) is 59.3 Å². The number of carbonyl (C=O) groups is 2. The van der Waals surface area contributed by atoms with Crippen molar-refractivity contribution < 1.29 is 9.59 Å². The third-order valence-corrected chi connectivity index (χ3v) is 7.00. The summed E-state index contributed by atoms with van der Waals surface area (Å²) >= 11 is 0. The summed E-state index contributed by atoms with van der Waals surface area (Å²) in [6, 6.07) is 0. The van der Waals surface area contributed by atoms with Crippen LogP contribution in [0.25, 0.3) is 0 Å². The second kappa shape index (κ2) is 5.47. The first kappa shape index (κ1) is 15.7. The van der Waals surface area contributed by atoms with Crippen molar-refractivity contribution >= 4 is 12.6 Å². The molecule has 2 nitrogen and oxygen atoms in total. The Bertz CT molecular complexity index is 540. The quantitative estimate of drug-likeness (QED) is 0.704. The molecule has 0 radical (unpaired) electrons. The lowest BCUT2D eigenvalue weighted by molar-refractivity contribution is -0.107. The molecule has 4 atom stereocenters. The molecule has 2 heteroatoms. The average Bonchev–Trinajstić information content (AvgIpc) is 2.65. The molecule has 3 aliphatic rings. The van der Waals surface area contributed by atoms with Gasteiger partial charge in [-0.25, -0.2) is 0 Å². The summed E-state index contributed by atoms with van der Waals surface area (Å²) in [6.45, 7) is 7.35. The Morgan fingerprint density at radius 2 is 1.77 bits per heavy atom. The Morgan fingerprint density at radius 1 is 1.05 bits per heavy atom. The Labute approximate surface area is 134 Å². The molecule has 0 spiro atoms. The third kappa shape index (κ3) is 2.31. The molecule has 0 bridgehead atoms. The molecular weight excluding hydrogens is 272 g/mol. The van der Waals surface area contributed by atoms with Gasteiger partial charge in [-0.3, -0.25) is 9.59 Å². The smallest absolute Gasteiger partial charge is 0.150 e. The standard InChI is InChI=1S/C20H28O2/c1-19(2)9-4-10-20(3)17-7-5-15(12-21)16(13-22)11-14(17)6-8-18(19)20/h5,11-14,17-18H,4,6-10H2,1-3H3/t14-,17-,18-,20+/m0/s1. The van der Waals surface area contributed by atoms with E-state index in [1.807, 2.05) is 6.08 Å². The largest absolute Gasteiger partial charge is 0.298 e. The fraction of sp³-hybridized carbons (Fsp3) is 0.700. The van der Waals surface area contributed by atoms with Gasteiger partial charge in [0.1, 0.15) is 12.6 Å².